The zero-order valence-corrected chi connectivity index (χ0v) is 10.2. The zero-order valence-electron chi connectivity index (χ0n) is 10.2. The van der Waals surface area contributed by atoms with Gasteiger partial charge in [-0.1, -0.05) is 0 Å². The molecule has 6 heteroatoms. The number of hydrogen-bond donors (Lipinski definition) is 2. The van der Waals surface area contributed by atoms with Crippen molar-refractivity contribution in [2.24, 2.45) is 0 Å². The first-order valence-electron chi connectivity index (χ1n) is 6.43. The second kappa shape index (κ2) is 5.67. The van der Waals surface area contributed by atoms with Gasteiger partial charge in [0, 0.05) is 19.2 Å². The molecule has 1 unspecified atom stereocenters. The number of carbonyl (C=O) groups excluding carboxylic acids is 1. The highest BCUT2D eigenvalue weighted by Crippen LogP contribution is 2.26. The van der Waals surface area contributed by atoms with E-state index in [1.165, 1.54) is 0 Å². The summed E-state index contributed by atoms with van der Waals surface area (Å²) in [5.41, 5.74) is 0. The van der Waals surface area contributed by atoms with Crippen molar-refractivity contribution in [1.29, 1.82) is 0 Å². The molecule has 2 N–H and O–H groups in total. The summed E-state index contributed by atoms with van der Waals surface area (Å²) in [6, 6.07) is 0.0787. The third-order valence-electron chi connectivity index (χ3n) is 3.69. The molecule has 0 aromatic heterocycles. The van der Waals surface area contributed by atoms with Gasteiger partial charge in [-0.05, 0) is 32.1 Å². The smallest absolute Gasteiger partial charge is 0.332 e. The molecule has 2 rings (SSSR count). The highest BCUT2D eigenvalue weighted by Gasteiger charge is 2.39. The first kappa shape index (κ1) is 13.3. The summed E-state index contributed by atoms with van der Waals surface area (Å²) >= 11 is 0. The summed E-state index contributed by atoms with van der Waals surface area (Å²) in [5.74, 6) is -1.12. The number of hydrogen-bond acceptors (Lipinski definition) is 4. The number of aliphatic hydroxyl groups excluding tert-OH is 1. The largest absolute Gasteiger partial charge is 0.479 e. The van der Waals surface area contributed by atoms with E-state index in [9.17, 15) is 9.59 Å². The Bertz CT molecular complexity index is 332. The van der Waals surface area contributed by atoms with E-state index in [1.54, 1.807) is 4.90 Å². The van der Waals surface area contributed by atoms with E-state index in [2.05, 4.69) is 0 Å². The van der Waals surface area contributed by atoms with Crippen LogP contribution in [0.25, 0.3) is 0 Å². The summed E-state index contributed by atoms with van der Waals surface area (Å²) in [6.07, 6.45) is 1.82. The molecule has 6 nitrogen and oxygen atoms in total. The lowest BCUT2D eigenvalue weighted by atomic mass is 10.1. The van der Waals surface area contributed by atoms with Gasteiger partial charge in [0.05, 0.1) is 0 Å². The number of ether oxygens (including phenoxy) is 1. The minimum absolute atomic E-state index is 0.0672. The lowest BCUT2D eigenvalue weighted by Crippen LogP contribution is -2.42. The standard InChI is InChI=1S/C12H19NO5/c14-7-5-8-2-1-6-13(8)11(15)9-3-4-10(18-9)12(16)17/h8-10,14H,1-7H2,(H,16,17)/t8?,9-,10+/m0/s1. The van der Waals surface area contributed by atoms with Crippen LogP contribution < -0.4 is 0 Å². The number of aliphatic carboxylic acids is 1. The van der Waals surface area contributed by atoms with Crippen LogP contribution in [0.1, 0.15) is 32.1 Å². The van der Waals surface area contributed by atoms with Crippen LogP contribution in [-0.2, 0) is 14.3 Å². The molecule has 0 aromatic rings. The second-order valence-electron chi connectivity index (χ2n) is 4.87. The van der Waals surface area contributed by atoms with E-state index in [-0.39, 0.29) is 18.6 Å². The molecule has 0 spiro atoms. The first-order valence-corrected chi connectivity index (χ1v) is 6.43. The average Bonchev–Trinajstić information content (AvgIpc) is 2.97. The van der Waals surface area contributed by atoms with Crippen molar-refractivity contribution >= 4 is 11.9 Å². The van der Waals surface area contributed by atoms with E-state index in [4.69, 9.17) is 14.9 Å². The van der Waals surface area contributed by atoms with Gasteiger partial charge >= 0.3 is 5.97 Å². The molecule has 3 atom stereocenters. The van der Waals surface area contributed by atoms with E-state index in [0.717, 1.165) is 12.8 Å². The molecule has 2 heterocycles. The fourth-order valence-electron chi connectivity index (χ4n) is 2.76. The maximum absolute atomic E-state index is 12.2. The van der Waals surface area contributed by atoms with Crippen molar-refractivity contribution in [3.05, 3.63) is 0 Å². The summed E-state index contributed by atoms with van der Waals surface area (Å²) < 4.78 is 5.27. The average molecular weight is 257 g/mol. The number of amides is 1. The molecule has 102 valence electrons. The van der Waals surface area contributed by atoms with Crippen LogP contribution in [0, 0.1) is 0 Å². The molecule has 2 aliphatic heterocycles. The van der Waals surface area contributed by atoms with Crippen LogP contribution in [0.5, 0.6) is 0 Å². The normalized spacial score (nSPS) is 31.8. The highest BCUT2D eigenvalue weighted by molar-refractivity contribution is 5.83. The molecule has 0 saturated carbocycles. The van der Waals surface area contributed by atoms with Gasteiger partial charge in [-0.3, -0.25) is 4.79 Å². The Labute approximate surface area is 106 Å². The number of likely N-dealkylation sites (tertiary alicyclic amines) is 1. The molecule has 0 bridgehead atoms. The van der Waals surface area contributed by atoms with Crippen LogP contribution in [0.3, 0.4) is 0 Å². The Hall–Kier alpha value is -1.14. The van der Waals surface area contributed by atoms with Crippen molar-refractivity contribution in [2.45, 2.75) is 50.4 Å². The third kappa shape index (κ3) is 2.64. The van der Waals surface area contributed by atoms with Crippen LogP contribution in [-0.4, -0.2) is 58.4 Å². The Morgan fingerprint density at radius 1 is 1.22 bits per heavy atom. The Kier molecular flexibility index (Phi) is 4.19. The molecule has 0 aromatic carbocycles. The second-order valence-corrected chi connectivity index (χ2v) is 4.87. The van der Waals surface area contributed by atoms with Crippen molar-refractivity contribution in [2.75, 3.05) is 13.2 Å². The molecule has 2 saturated heterocycles. The summed E-state index contributed by atoms with van der Waals surface area (Å²) in [4.78, 5) is 24.7. The van der Waals surface area contributed by atoms with Gasteiger partial charge < -0.3 is 19.8 Å². The van der Waals surface area contributed by atoms with Crippen LogP contribution in [0.4, 0.5) is 0 Å². The van der Waals surface area contributed by atoms with Gasteiger partial charge in [0.15, 0.2) is 6.10 Å². The lowest BCUT2D eigenvalue weighted by molar-refractivity contribution is -0.155. The minimum atomic E-state index is -1.00. The van der Waals surface area contributed by atoms with Gasteiger partial charge in [-0.15, -0.1) is 0 Å². The number of aliphatic hydroxyl groups is 1. The maximum Gasteiger partial charge on any atom is 0.332 e. The number of carboxylic acid groups (broad SMARTS) is 1. The predicted octanol–water partition coefficient (Wildman–Crippen LogP) is -0.00800. The van der Waals surface area contributed by atoms with Gasteiger partial charge in [-0.25, -0.2) is 4.79 Å². The van der Waals surface area contributed by atoms with Crippen LogP contribution >= 0.6 is 0 Å². The minimum Gasteiger partial charge on any atom is -0.479 e. The SMILES string of the molecule is O=C(O)[C@H]1CC[C@@H](C(=O)N2CCCC2CCO)O1. The summed E-state index contributed by atoms with van der Waals surface area (Å²) in [5, 5.41) is 17.8. The molecule has 1 amide bonds. The summed E-state index contributed by atoms with van der Waals surface area (Å²) in [6.45, 7) is 0.749. The lowest BCUT2D eigenvalue weighted by Gasteiger charge is -2.26. The molecule has 18 heavy (non-hydrogen) atoms. The number of carboxylic acids is 1. The zero-order chi connectivity index (χ0) is 13.1. The predicted molar refractivity (Wildman–Crippen MR) is 62.0 cm³/mol. The van der Waals surface area contributed by atoms with Gasteiger partial charge in [-0.2, -0.15) is 0 Å². The third-order valence-corrected chi connectivity index (χ3v) is 3.69. The van der Waals surface area contributed by atoms with Crippen LogP contribution in [0.15, 0.2) is 0 Å². The fraction of sp³-hybridized carbons (Fsp3) is 0.833. The monoisotopic (exact) mass is 257 g/mol. The van der Waals surface area contributed by atoms with Crippen molar-refractivity contribution in [3.8, 4) is 0 Å². The van der Waals surface area contributed by atoms with Gasteiger partial charge in [0.25, 0.3) is 5.91 Å². The quantitative estimate of drug-likeness (QED) is 0.739. The molecule has 2 aliphatic rings. The van der Waals surface area contributed by atoms with E-state index in [0.29, 0.717) is 25.8 Å². The Morgan fingerprint density at radius 3 is 2.56 bits per heavy atom. The van der Waals surface area contributed by atoms with Crippen molar-refractivity contribution < 1.29 is 24.5 Å². The van der Waals surface area contributed by atoms with Crippen LogP contribution in [0.2, 0.25) is 0 Å². The topological polar surface area (TPSA) is 87.1 Å². The fourth-order valence-corrected chi connectivity index (χ4v) is 2.76. The van der Waals surface area contributed by atoms with Gasteiger partial charge in [0.2, 0.25) is 0 Å². The van der Waals surface area contributed by atoms with E-state index < -0.39 is 18.2 Å². The summed E-state index contributed by atoms with van der Waals surface area (Å²) in [7, 11) is 0. The Balaban J connectivity index is 1.93. The maximum atomic E-state index is 12.2. The first-order chi connectivity index (χ1) is 8.63. The number of carbonyl (C=O) groups is 2. The van der Waals surface area contributed by atoms with Crippen molar-refractivity contribution in [3.63, 3.8) is 0 Å². The molecule has 0 aliphatic carbocycles. The molecule has 0 radical (unpaired) electrons. The molecular weight excluding hydrogens is 238 g/mol. The van der Waals surface area contributed by atoms with Gasteiger partial charge in [0.1, 0.15) is 6.10 Å². The molecule has 2 fully saturated rings. The van der Waals surface area contributed by atoms with E-state index in [1.807, 2.05) is 0 Å². The number of rotatable bonds is 4. The highest BCUT2D eigenvalue weighted by atomic mass is 16.5. The Morgan fingerprint density at radius 2 is 1.94 bits per heavy atom. The van der Waals surface area contributed by atoms with Crippen molar-refractivity contribution in [1.82, 2.24) is 4.90 Å². The van der Waals surface area contributed by atoms with E-state index >= 15 is 0 Å². The number of nitrogens with zero attached hydrogens (tertiary/aromatic N) is 1. The molecular formula is C12H19NO5.